The quantitative estimate of drug-likeness (QED) is 0.354. The van der Waals surface area contributed by atoms with Crippen LogP contribution in [0.3, 0.4) is 0 Å². The van der Waals surface area contributed by atoms with Gasteiger partial charge in [0.2, 0.25) is 5.95 Å². The van der Waals surface area contributed by atoms with Crippen molar-refractivity contribution in [3.63, 3.8) is 0 Å². The van der Waals surface area contributed by atoms with Gasteiger partial charge in [-0.15, -0.1) is 10.2 Å². The van der Waals surface area contributed by atoms with Crippen molar-refractivity contribution in [3.8, 4) is 17.0 Å². The van der Waals surface area contributed by atoms with Gasteiger partial charge in [0, 0.05) is 37.5 Å². The molecule has 1 unspecified atom stereocenters. The largest absolute Gasteiger partial charge is 0.497 e. The Labute approximate surface area is 203 Å². The van der Waals surface area contributed by atoms with E-state index in [1.165, 1.54) is 31.4 Å². The van der Waals surface area contributed by atoms with Gasteiger partial charge >= 0.3 is 6.18 Å². The summed E-state index contributed by atoms with van der Waals surface area (Å²) in [5.41, 5.74) is 1.89. The lowest BCUT2D eigenvalue weighted by atomic mass is 9.94. The SMILES string of the molecule is COc1ccc(C(Cc2nnc3cc(-c4ccnc(Nc5ccnn5C)n4)ccn23)C(F)(F)F)cc1. The standard InChI is InChI=1S/C24H21F3N8O/c1-34-20(8-11-29-34)31-23-28-10-7-19(30-23)16-9-12-35-21(13-16)32-33-22(35)14-18(24(25,26)27)15-3-5-17(36-2)6-4-15/h3-13,18H,14H2,1-2H3,(H,28,30,31). The van der Waals surface area contributed by atoms with Crippen molar-refractivity contribution in [1.29, 1.82) is 0 Å². The molecule has 0 bridgehead atoms. The van der Waals surface area contributed by atoms with Crippen LogP contribution < -0.4 is 10.1 Å². The van der Waals surface area contributed by atoms with E-state index in [0.29, 0.717) is 23.0 Å². The zero-order valence-corrected chi connectivity index (χ0v) is 19.3. The van der Waals surface area contributed by atoms with Crippen molar-refractivity contribution in [1.82, 2.24) is 34.3 Å². The molecule has 4 aromatic heterocycles. The molecule has 5 aromatic rings. The molecule has 0 aliphatic carbocycles. The monoisotopic (exact) mass is 494 g/mol. The van der Waals surface area contributed by atoms with E-state index in [4.69, 9.17) is 4.74 Å². The Morgan fingerprint density at radius 1 is 1.03 bits per heavy atom. The summed E-state index contributed by atoms with van der Waals surface area (Å²) in [5, 5.41) is 15.4. The summed E-state index contributed by atoms with van der Waals surface area (Å²) in [6.45, 7) is 0. The third kappa shape index (κ3) is 4.69. The lowest BCUT2D eigenvalue weighted by molar-refractivity contribution is -0.150. The summed E-state index contributed by atoms with van der Waals surface area (Å²) < 4.78 is 50.1. The molecule has 0 spiro atoms. The number of ether oxygens (including phenoxy) is 1. The van der Waals surface area contributed by atoms with Gasteiger partial charge in [-0.05, 0) is 35.9 Å². The smallest absolute Gasteiger partial charge is 0.396 e. The second-order valence-corrected chi connectivity index (χ2v) is 8.06. The summed E-state index contributed by atoms with van der Waals surface area (Å²) in [5.74, 6) is 0.0591. The van der Waals surface area contributed by atoms with Crippen LogP contribution in [0.4, 0.5) is 24.9 Å². The minimum Gasteiger partial charge on any atom is -0.497 e. The van der Waals surface area contributed by atoms with E-state index in [1.807, 2.05) is 0 Å². The van der Waals surface area contributed by atoms with Crippen LogP contribution in [0.2, 0.25) is 0 Å². The normalized spacial score (nSPS) is 12.6. The van der Waals surface area contributed by atoms with E-state index in [-0.39, 0.29) is 17.8 Å². The first kappa shape index (κ1) is 23.3. The van der Waals surface area contributed by atoms with Crippen LogP contribution in [0.25, 0.3) is 16.9 Å². The molecule has 12 heteroatoms. The van der Waals surface area contributed by atoms with Crippen LogP contribution in [0.1, 0.15) is 17.3 Å². The van der Waals surface area contributed by atoms with E-state index < -0.39 is 12.1 Å². The van der Waals surface area contributed by atoms with Crippen molar-refractivity contribution in [2.24, 2.45) is 7.05 Å². The number of aryl methyl sites for hydroxylation is 1. The number of hydrogen-bond donors (Lipinski definition) is 1. The van der Waals surface area contributed by atoms with Crippen LogP contribution in [-0.4, -0.2) is 47.6 Å². The average molecular weight is 494 g/mol. The molecule has 5 rings (SSSR count). The molecular weight excluding hydrogens is 473 g/mol. The second-order valence-electron chi connectivity index (χ2n) is 8.06. The Balaban J connectivity index is 1.42. The second kappa shape index (κ2) is 9.29. The van der Waals surface area contributed by atoms with Crippen LogP contribution >= 0.6 is 0 Å². The van der Waals surface area contributed by atoms with Crippen LogP contribution in [0.5, 0.6) is 5.75 Å². The van der Waals surface area contributed by atoms with E-state index in [9.17, 15) is 13.2 Å². The molecule has 1 N–H and O–H groups in total. The molecule has 9 nitrogen and oxygen atoms in total. The number of nitrogens with one attached hydrogen (secondary N) is 1. The third-order valence-corrected chi connectivity index (χ3v) is 5.79. The minimum atomic E-state index is -4.46. The number of pyridine rings is 1. The van der Waals surface area contributed by atoms with E-state index >= 15 is 0 Å². The predicted molar refractivity (Wildman–Crippen MR) is 126 cm³/mol. The van der Waals surface area contributed by atoms with Gasteiger partial charge in [-0.2, -0.15) is 18.3 Å². The minimum absolute atomic E-state index is 0.131. The highest BCUT2D eigenvalue weighted by molar-refractivity contribution is 5.65. The van der Waals surface area contributed by atoms with Gasteiger partial charge in [-0.3, -0.25) is 9.08 Å². The van der Waals surface area contributed by atoms with Gasteiger partial charge in [0.05, 0.1) is 24.9 Å². The Kier molecular flexibility index (Phi) is 6.00. The van der Waals surface area contributed by atoms with E-state index in [1.54, 1.807) is 59.0 Å². The summed E-state index contributed by atoms with van der Waals surface area (Å²) in [7, 11) is 3.26. The van der Waals surface area contributed by atoms with Gasteiger partial charge in [0.25, 0.3) is 0 Å². The summed E-state index contributed by atoms with van der Waals surface area (Å²) >= 11 is 0. The number of benzene rings is 1. The summed E-state index contributed by atoms with van der Waals surface area (Å²) in [6.07, 6.45) is 0.100. The van der Waals surface area contributed by atoms with Crippen LogP contribution in [0, 0.1) is 0 Å². The number of aromatic nitrogens is 7. The molecular formula is C24H21F3N8O. The lowest BCUT2D eigenvalue weighted by Gasteiger charge is -2.20. The molecule has 184 valence electrons. The number of alkyl halides is 3. The fourth-order valence-electron chi connectivity index (χ4n) is 3.87. The molecule has 0 aliphatic rings. The maximum Gasteiger partial charge on any atom is 0.396 e. The van der Waals surface area contributed by atoms with Gasteiger partial charge < -0.3 is 10.1 Å². The lowest BCUT2D eigenvalue weighted by Crippen LogP contribution is -2.24. The van der Waals surface area contributed by atoms with E-state index in [0.717, 1.165) is 11.4 Å². The molecule has 0 aliphatic heterocycles. The Morgan fingerprint density at radius 3 is 2.53 bits per heavy atom. The Bertz CT molecular complexity index is 1490. The first-order valence-corrected chi connectivity index (χ1v) is 10.9. The topological polar surface area (TPSA) is 95.0 Å². The molecule has 1 atom stereocenters. The predicted octanol–water partition coefficient (Wildman–Crippen LogP) is 4.56. The number of rotatable bonds is 7. The van der Waals surface area contributed by atoms with Crippen LogP contribution in [0.15, 0.2) is 67.1 Å². The molecule has 0 amide bonds. The highest BCUT2D eigenvalue weighted by atomic mass is 19.4. The van der Waals surface area contributed by atoms with Gasteiger partial charge in [0.15, 0.2) is 5.65 Å². The number of nitrogens with zero attached hydrogens (tertiary/aromatic N) is 7. The van der Waals surface area contributed by atoms with Crippen LogP contribution in [-0.2, 0) is 13.5 Å². The molecule has 0 saturated carbocycles. The Morgan fingerprint density at radius 2 is 1.83 bits per heavy atom. The highest BCUT2D eigenvalue weighted by Crippen LogP contribution is 2.38. The number of anilines is 2. The molecule has 4 heterocycles. The fourth-order valence-corrected chi connectivity index (χ4v) is 3.87. The third-order valence-electron chi connectivity index (χ3n) is 5.79. The molecule has 0 saturated heterocycles. The Hall–Kier alpha value is -4.48. The van der Waals surface area contributed by atoms with E-state index in [2.05, 4.69) is 30.6 Å². The first-order chi connectivity index (χ1) is 17.3. The zero-order valence-electron chi connectivity index (χ0n) is 19.3. The average Bonchev–Trinajstić information content (AvgIpc) is 3.47. The maximum atomic E-state index is 13.9. The zero-order chi connectivity index (χ0) is 25.3. The molecule has 0 radical (unpaired) electrons. The van der Waals surface area contributed by atoms with Gasteiger partial charge in [-0.25, -0.2) is 9.97 Å². The van der Waals surface area contributed by atoms with Crippen molar-refractivity contribution in [2.45, 2.75) is 18.5 Å². The molecule has 0 fully saturated rings. The maximum absolute atomic E-state index is 13.9. The van der Waals surface area contributed by atoms with Gasteiger partial charge in [-0.1, -0.05) is 12.1 Å². The molecule has 1 aromatic carbocycles. The fraction of sp³-hybridized carbons (Fsp3) is 0.208. The first-order valence-electron chi connectivity index (χ1n) is 10.9. The van der Waals surface area contributed by atoms with Crippen molar-refractivity contribution >= 4 is 17.4 Å². The molecule has 36 heavy (non-hydrogen) atoms. The summed E-state index contributed by atoms with van der Waals surface area (Å²) in [4.78, 5) is 8.76. The highest BCUT2D eigenvalue weighted by Gasteiger charge is 2.41. The van der Waals surface area contributed by atoms with Crippen molar-refractivity contribution in [2.75, 3.05) is 12.4 Å². The van der Waals surface area contributed by atoms with Gasteiger partial charge in [0.1, 0.15) is 17.4 Å². The number of halogens is 3. The summed E-state index contributed by atoms with van der Waals surface area (Å²) in [6, 6.07) is 12.9. The van der Waals surface area contributed by atoms with Crippen molar-refractivity contribution in [3.05, 3.63) is 78.5 Å². The van der Waals surface area contributed by atoms with Crippen molar-refractivity contribution < 1.29 is 17.9 Å². The number of fused-ring (bicyclic) bond motifs is 1. The number of hydrogen-bond acceptors (Lipinski definition) is 7. The number of methoxy groups -OCH3 is 1.